The number of nitrogens with one attached hydrogen (secondary N) is 1. The lowest BCUT2D eigenvalue weighted by atomic mass is 10.1. The fraction of sp³-hybridized carbons (Fsp3) is 0.333. The smallest absolute Gasteiger partial charge is 0.270 e. The highest BCUT2D eigenvalue weighted by Crippen LogP contribution is 2.22. The predicted octanol–water partition coefficient (Wildman–Crippen LogP) is 2.04. The van der Waals surface area contributed by atoms with E-state index in [1.165, 1.54) is 12.1 Å². The van der Waals surface area contributed by atoms with E-state index >= 15 is 0 Å². The molecule has 1 aromatic carbocycles. The number of non-ortho nitro benzene ring substituents is 1. The lowest BCUT2D eigenvalue weighted by molar-refractivity contribution is -0.384. The van der Waals surface area contributed by atoms with E-state index in [9.17, 15) is 10.1 Å². The van der Waals surface area contributed by atoms with Crippen molar-refractivity contribution >= 4 is 5.69 Å². The van der Waals surface area contributed by atoms with Crippen LogP contribution in [0.4, 0.5) is 5.69 Å². The van der Waals surface area contributed by atoms with Gasteiger partial charge in [-0.15, -0.1) is 0 Å². The minimum atomic E-state index is -0.448. The van der Waals surface area contributed by atoms with Crippen LogP contribution in [-0.2, 0) is 0 Å². The first kappa shape index (κ1) is 13.2. The molecule has 0 radical (unpaired) electrons. The van der Waals surface area contributed by atoms with Crippen LogP contribution in [-0.4, -0.2) is 20.1 Å². The van der Waals surface area contributed by atoms with Crippen molar-refractivity contribution < 1.29 is 4.92 Å². The first-order valence-electron chi connectivity index (χ1n) is 5.91. The Balaban J connectivity index is 2.33. The summed E-state index contributed by atoms with van der Waals surface area (Å²) in [6.07, 6.45) is 0. The van der Waals surface area contributed by atoms with E-state index in [4.69, 9.17) is 5.73 Å². The first-order valence-corrected chi connectivity index (χ1v) is 5.91. The first-order chi connectivity index (χ1) is 8.99. The van der Waals surface area contributed by atoms with E-state index in [1.807, 2.05) is 13.8 Å². The third kappa shape index (κ3) is 2.76. The van der Waals surface area contributed by atoms with Crippen LogP contribution >= 0.6 is 0 Å². The van der Waals surface area contributed by atoms with Gasteiger partial charge in [-0.1, -0.05) is 26.0 Å². The Morgan fingerprint density at radius 2 is 2.16 bits per heavy atom. The maximum atomic E-state index is 10.7. The summed E-state index contributed by atoms with van der Waals surface area (Å²) in [7, 11) is 0. The molecule has 1 unspecified atom stereocenters. The quantitative estimate of drug-likeness (QED) is 0.646. The van der Waals surface area contributed by atoms with E-state index in [-0.39, 0.29) is 17.6 Å². The second-order valence-corrected chi connectivity index (χ2v) is 4.62. The van der Waals surface area contributed by atoms with Gasteiger partial charge >= 0.3 is 0 Å². The third-order valence-electron chi connectivity index (χ3n) is 2.85. The maximum Gasteiger partial charge on any atom is 0.270 e. The zero-order chi connectivity index (χ0) is 14.0. The van der Waals surface area contributed by atoms with Crippen molar-refractivity contribution in [2.75, 3.05) is 0 Å². The lowest BCUT2D eigenvalue weighted by Gasteiger charge is -2.11. The molecule has 2 aromatic rings. The molecule has 7 nitrogen and oxygen atoms in total. The molecule has 100 valence electrons. The number of nitrogens with zero attached hydrogens (tertiary/aromatic N) is 3. The van der Waals surface area contributed by atoms with Crippen molar-refractivity contribution in [2.45, 2.75) is 19.9 Å². The summed E-state index contributed by atoms with van der Waals surface area (Å²) in [6.45, 7) is 3.97. The monoisotopic (exact) mass is 261 g/mol. The molecule has 1 aromatic heterocycles. The Morgan fingerprint density at radius 3 is 2.79 bits per heavy atom. The van der Waals surface area contributed by atoms with E-state index < -0.39 is 4.92 Å². The van der Waals surface area contributed by atoms with E-state index in [0.717, 1.165) is 0 Å². The predicted molar refractivity (Wildman–Crippen MR) is 70.2 cm³/mol. The molecule has 19 heavy (non-hydrogen) atoms. The van der Waals surface area contributed by atoms with Gasteiger partial charge in [-0.3, -0.25) is 15.2 Å². The highest BCUT2D eigenvalue weighted by Gasteiger charge is 2.16. The van der Waals surface area contributed by atoms with Gasteiger partial charge < -0.3 is 5.73 Å². The van der Waals surface area contributed by atoms with Crippen LogP contribution in [0.1, 0.15) is 25.7 Å². The van der Waals surface area contributed by atoms with Crippen LogP contribution in [0.2, 0.25) is 0 Å². The largest absolute Gasteiger partial charge is 0.321 e. The number of benzene rings is 1. The van der Waals surface area contributed by atoms with Crippen LogP contribution in [0.3, 0.4) is 0 Å². The number of hydrogen-bond donors (Lipinski definition) is 2. The topological polar surface area (TPSA) is 111 Å². The Kier molecular flexibility index (Phi) is 3.57. The zero-order valence-electron chi connectivity index (χ0n) is 10.7. The third-order valence-corrected chi connectivity index (χ3v) is 2.85. The highest BCUT2D eigenvalue weighted by molar-refractivity contribution is 5.58. The number of nitro benzene ring substituents is 1. The highest BCUT2D eigenvalue weighted by atomic mass is 16.6. The maximum absolute atomic E-state index is 10.7. The summed E-state index contributed by atoms with van der Waals surface area (Å²) < 4.78 is 0. The average Bonchev–Trinajstić information content (AvgIpc) is 2.87. The molecule has 0 bridgehead atoms. The molecule has 0 saturated carbocycles. The fourth-order valence-electron chi connectivity index (χ4n) is 1.63. The van der Waals surface area contributed by atoms with Crippen molar-refractivity contribution in [3.63, 3.8) is 0 Å². The van der Waals surface area contributed by atoms with Crippen LogP contribution < -0.4 is 5.73 Å². The normalized spacial score (nSPS) is 12.6. The van der Waals surface area contributed by atoms with Crippen LogP contribution in [0.15, 0.2) is 24.3 Å². The minimum absolute atomic E-state index is 0.0111. The number of nitro groups is 1. The van der Waals surface area contributed by atoms with E-state index in [2.05, 4.69) is 15.2 Å². The van der Waals surface area contributed by atoms with Crippen molar-refractivity contribution in [1.29, 1.82) is 0 Å². The SMILES string of the molecule is CC(C)C(N)c1nc(-c2cccc([N+](=O)[O-])c2)n[nH]1. The molecule has 0 aliphatic carbocycles. The molecule has 0 spiro atoms. The van der Waals surface area contributed by atoms with Gasteiger partial charge in [0, 0.05) is 17.7 Å². The second-order valence-electron chi connectivity index (χ2n) is 4.62. The summed E-state index contributed by atoms with van der Waals surface area (Å²) in [5.41, 5.74) is 6.57. The lowest BCUT2D eigenvalue weighted by Crippen LogP contribution is -2.18. The van der Waals surface area contributed by atoms with Gasteiger partial charge in [0.15, 0.2) is 5.82 Å². The molecule has 0 fully saturated rings. The van der Waals surface area contributed by atoms with Gasteiger partial charge in [0.25, 0.3) is 5.69 Å². The van der Waals surface area contributed by atoms with Gasteiger partial charge in [-0.2, -0.15) is 5.10 Å². The minimum Gasteiger partial charge on any atom is -0.321 e. The molecular weight excluding hydrogens is 246 g/mol. The molecule has 1 heterocycles. The van der Waals surface area contributed by atoms with Crippen LogP contribution in [0.5, 0.6) is 0 Å². The molecule has 0 aliphatic rings. The molecule has 2 rings (SSSR count). The number of rotatable bonds is 4. The number of H-pyrrole nitrogens is 1. The van der Waals surface area contributed by atoms with Crippen LogP contribution in [0.25, 0.3) is 11.4 Å². The molecule has 0 saturated heterocycles. The van der Waals surface area contributed by atoms with Gasteiger partial charge in [0.2, 0.25) is 0 Å². The molecule has 3 N–H and O–H groups in total. The summed E-state index contributed by atoms with van der Waals surface area (Å²) >= 11 is 0. The summed E-state index contributed by atoms with van der Waals surface area (Å²) in [5.74, 6) is 1.22. The standard InChI is InChI=1S/C12H15N5O2/c1-7(2)10(13)12-14-11(15-16-12)8-4-3-5-9(6-8)17(18)19/h3-7,10H,13H2,1-2H3,(H,14,15,16). The van der Waals surface area contributed by atoms with Crippen molar-refractivity contribution in [1.82, 2.24) is 15.2 Å². The van der Waals surface area contributed by atoms with E-state index in [0.29, 0.717) is 17.2 Å². The Bertz CT molecular complexity index is 593. The van der Waals surface area contributed by atoms with Crippen molar-refractivity contribution in [2.24, 2.45) is 11.7 Å². The van der Waals surface area contributed by atoms with Crippen molar-refractivity contribution in [3.8, 4) is 11.4 Å². The Labute approximate surface area is 110 Å². The van der Waals surface area contributed by atoms with Crippen LogP contribution in [0, 0.1) is 16.0 Å². The average molecular weight is 261 g/mol. The summed E-state index contributed by atoms with van der Waals surface area (Å²) in [6, 6.07) is 5.96. The number of nitrogens with two attached hydrogens (primary N) is 1. The fourth-order valence-corrected chi connectivity index (χ4v) is 1.63. The number of aromatic nitrogens is 3. The second kappa shape index (κ2) is 5.15. The summed E-state index contributed by atoms with van der Waals surface area (Å²) in [4.78, 5) is 14.6. The Morgan fingerprint density at radius 1 is 1.42 bits per heavy atom. The molecule has 1 atom stereocenters. The zero-order valence-corrected chi connectivity index (χ0v) is 10.7. The van der Waals surface area contributed by atoms with Gasteiger partial charge in [0.05, 0.1) is 11.0 Å². The number of aromatic amines is 1. The molecule has 7 heteroatoms. The molecular formula is C12H15N5O2. The Hall–Kier alpha value is -2.28. The van der Waals surface area contributed by atoms with E-state index in [1.54, 1.807) is 12.1 Å². The molecule has 0 aliphatic heterocycles. The summed E-state index contributed by atoms with van der Waals surface area (Å²) in [5, 5.41) is 17.6. The van der Waals surface area contributed by atoms with Crippen molar-refractivity contribution in [3.05, 3.63) is 40.2 Å². The molecule has 0 amide bonds. The van der Waals surface area contributed by atoms with Gasteiger partial charge in [-0.25, -0.2) is 4.98 Å². The van der Waals surface area contributed by atoms with Gasteiger partial charge in [0.1, 0.15) is 5.82 Å². The van der Waals surface area contributed by atoms with Gasteiger partial charge in [-0.05, 0) is 5.92 Å². The number of hydrogen-bond acceptors (Lipinski definition) is 5.